The maximum absolute atomic E-state index is 15.4. The van der Waals surface area contributed by atoms with Gasteiger partial charge < -0.3 is 9.80 Å². The Labute approximate surface area is 465 Å². The number of amides is 2. The van der Waals surface area contributed by atoms with Gasteiger partial charge in [-0.2, -0.15) is 0 Å². The van der Waals surface area contributed by atoms with Crippen molar-refractivity contribution in [2.45, 2.75) is 165 Å². The van der Waals surface area contributed by atoms with Gasteiger partial charge in [0.15, 0.2) is 0 Å². The highest BCUT2D eigenvalue weighted by molar-refractivity contribution is 6.30. The van der Waals surface area contributed by atoms with E-state index in [0.717, 1.165) is 74.1 Å². The number of carbonyl (C=O) groups is 2. The van der Waals surface area contributed by atoms with Crippen LogP contribution in [0.25, 0.3) is 11.4 Å². The molecule has 6 aromatic rings. The van der Waals surface area contributed by atoms with E-state index >= 15 is 26.3 Å². The second-order valence-corrected chi connectivity index (χ2v) is 23.1. The van der Waals surface area contributed by atoms with E-state index in [1.807, 2.05) is 58.3 Å². The molecule has 6 aliphatic rings. The van der Waals surface area contributed by atoms with Crippen LogP contribution in [0.15, 0.2) is 157 Å². The van der Waals surface area contributed by atoms with Crippen LogP contribution in [-0.4, -0.2) is 34.2 Å². The number of alkyl halides is 6. The van der Waals surface area contributed by atoms with Crippen molar-refractivity contribution >= 4 is 57.3 Å². The summed E-state index contributed by atoms with van der Waals surface area (Å²) in [7, 11) is 0. The third-order valence-electron chi connectivity index (χ3n) is 18.2. The lowest BCUT2D eigenvalue weighted by molar-refractivity contribution is -0.219. The fourth-order valence-electron chi connectivity index (χ4n) is 14.1. The van der Waals surface area contributed by atoms with Crippen molar-refractivity contribution in [2.24, 2.45) is 0 Å². The van der Waals surface area contributed by atoms with Gasteiger partial charge >= 0.3 is 12.6 Å². The van der Waals surface area contributed by atoms with E-state index in [4.69, 9.17) is 0 Å². The quantitative estimate of drug-likeness (QED) is 0.0905. The van der Waals surface area contributed by atoms with Crippen LogP contribution in [0.1, 0.15) is 185 Å². The first-order valence-corrected chi connectivity index (χ1v) is 29.3. The van der Waals surface area contributed by atoms with Gasteiger partial charge in [-0.3, -0.25) is 9.59 Å². The Balaban J connectivity index is 0.919. The summed E-state index contributed by atoms with van der Waals surface area (Å²) >= 11 is 0. The molecule has 0 bridgehead atoms. The molecule has 12 heteroatoms. The third kappa shape index (κ3) is 10.6. The van der Waals surface area contributed by atoms with Gasteiger partial charge in [0.25, 0.3) is 11.8 Å². The Morgan fingerprint density at radius 1 is 0.300 bits per heavy atom. The van der Waals surface area contributed by atoms with Crippen LogP contribution < -0.4 is 9.80 Å². The minimum Gasteiger partial charge on any atom is -0.311 e. The number of hydrogen-bond donors (Lipinski definition) is 0. The minimum atomic E-state index is -5.40. The fourth-order valence-corrected chi connectivity index (χ4v) is 14.1. The van der Waals surface area contributed by atoms with Crippen LogP contribution in [0.5, 0.6) is 0 Å². The molecule has 4 saturated carbocycles. The van der Waals surface area contributed by atoms with Gasteiger partial charge in [-0.25, -0.2) is 9.80 Å². The number of nitrogens with zero attached hydrogens (tertiary/aromatic N) is 4. The zero-order valence-corrected chi connectivity index (χ0v) is 45.2. The molecule has 6 aromatic carbocycles. The molecule has 80 heavy (non-hydrogen) atoms. The Hall–Kier alpha value is -7.08. The van der Waals surface area contributed by atoms with Gasteiger partial charge in [-0.1, -0.05) is 150 Å². The highest BCUT2D eigenvalue weighted by Crippen LogP contribution is 2.53. The molecule has 2 aliphatic heterocycles. The summed E-state index contributed by atoms with van der Waals surface area (Å²) in [6.45, 7) is 0. The van der Waals surface area contributed by atoms with E-state index in [0.29, 0.717) is 35.0 Å². The highest BCUT2D eigenvalue weighted by atomic mass is 19.4. The molecule has 0 saturated heterocycles. The fraction of sp³-hybridized carbons (Fsp3) is 0.382. The molecule has 6 nitrogen and oxygen atoms in total. The van der Waals surface area contributed by atoms with Gasteiger partial charge in [0.2, 0.25) is 0 Å². The average molecular weight is 1090 g/mol. The van der Waals surface area contributed by atoms with Crippen molar-refractivity contribution in [1.82, 2.24) is 9.80 Å². The van der Waals surface area contributed by atoms with E-state index in [9.17, 15) is 9.59 Å². The first kappa shape index (κ1) is 53.6. The zero-order chi connectivity index (χ0) is 55.1. The molecule has 12 rings (SSSR count). The van der Waals surface area contributed by atoms with E-state index in [1.54, 1.807) is 24.3 Å². The summed E-state index contributed by atoms with van der Waals surface area (Å²) in [6.07, 6.45) is 12.6. The van der Waals surface area contributed by atoms with Crippen LogP contribution in [0, 0.1) is 0 Å². The van der Waals surface area contributed by atoms with Crippen molar-refractivity contribution in [2.75, 3.05) is 9.80 Å². The Kier molecular flexibility index (Phi) is 15.0. The van der Waals surface area contributed by atoms with Crippen LogP contribution in [0.2, 0.25) is 0 Å². The largest absolute Gasteiger partial charge is 0.491 e. The summed E-state index contributed by atoms with van der Waals surface area (Å²) in [4.78, 5) is 31.9. The molecule has 4 fully saturated rings. The second-order valence-electron chi connectivity index (χ2n) is 23.1. The lowest BCUT2D eigenvalue weighted by atomic mass is 9.84. The molecular weight excluding hydrogens is 1020 g/mol. The van der Waals surface area contributed by atoms with E-state index in [2.05, 4.69) is 48.5 Å². The number of carbonyl (C=O) groups excluding carboxylic acids is 2. The zero-order valence-electron chi connectivity index (χ0n) is 45.2. The van der Waals surface area contributed by atoms with E-state index in [1.165, 1.54) is 124 Å². The van der Waals surface area contributed by atoms with Gasteiger partial charge in [0.05, 0.1) is 22.5 Å². The van der Waals surface area contributed by atoms with Crippen molar-refractivity contribution in [3.8, 4) is 0 Å². The predicted octanol–water partition coefficient (Wildman–Crippen LogP) is 19.7. The van der Waals surface area contributed by atoms with E-state index in [-0.39, 0.29) is 11.1 Å². The Morgan fingerprint density at radius 2 is 0.500 bits per heavy atom. The van der Waals surface area contributed by atoms with Crippen molar-refractivity contribution in [3.63, 3.8) is 0 Å². The molecule has 0 atom stereocenters. The Bertz CT molecular complexity index is 2890. The van der Waals surface area contributed by atoms with Crippen molar-refractivity contribution in [1.29, 1.82) is 0 Å². The van der Waals surface area contributed by atoms with Crippen molar-refractivity contribution in [3.05, 3.63) is 190 Å². The second kappa shape index (κ2) is 22.5. The number of fused-ring (bicyclic) bond motifs is 1. The first-order valence-electron chi connectivity index (χ1n) is 29.3. The number of hydrogen-bond acceptors (Lipinski definition) is 4. The maximum Gasteiger partial charge on any atom is 0.491 e. The molecular formula is C68H68F6N4O2. The summed E-state index contributed by atoms with van der Waals surface area (Å²) < 4.78 is 92.6. The normalized spacial score (nSPS) is 19.3. The molecule has 0 radical (unpaired) electrons. The summed E-state index contributed by atoms with van der Waals surface area (Å²) in [5, 5.41) is 0. The lowest BCUT2D eigenvalue weighted by Crippen LogP contribution is -2.42. The molecule has 0 spiro atoms. The lowest BCUT2D eigenvalue weighted by Gasteiger charge is -2.29. The van der Waals surface area contributed by atoms with E-state index < -0.39 is 56.8 Å². The maximum atomic E-state index is 15.4. The average Bonchev–Trinajstić information content (AvgIpc) is 3.31. The van der Waals surface area contributed by atoms with Crippen LogP contribution in [-0.2, 0) is 9.59 Å². The van der Waals surface area contributed by atoms with Gasteiger partial charge in [-0.15, -0.1) is 26.3 Å². The highest BCUT2D eigenvalue weighted by Gasteiger charge is 2.61. The van der Waals surface area contributed by atoms with Gasteiger partial charge in [0.1, 0.15) is 0 Å². The Morgan fingerprint density at radius 3 is 0.700 bits per heavy atom. The van der Waals surface area contributed by atoms with Gasteiger partial charge in [-0.05, 0) is 181 Å². The number of halogens is 6. The third-order valence-corrected chi connectivity index (χ3v) is 18.2. The minimum absolute atomic E-state index is 0.239. The number of anilines is 6. The molecule has 0 unspecified atom stereocenters. The SMILES string of the molecule is O=C1C2=C(c3ccc(N(c4ccc(C5CCCCC5)cc4)c4ccc(C5CCCCC5)cc4)cc3)N(C(F)(F)F)C(=O)C2=C(c2ccc(N(c3ccc(C4CCCCC4)cc3)c3ccc(C4CCCCC4)cc3)cc2)N1C(F)(F)F. The standard InChI is InChI=1S/C68H68F6N4O2/c69-67(70,71)77-63(53-29-41-59(42-30-53)75(55-33-21-49(22-34-55)45-13-5-1-6-14-45)56-35-23-50(24-36-56)46-15-7-2-8-16-46)61-62(66(77)80)64(78(65(61)79)68(72,73)74)54-31-43-60(44-32-54)76(57-37-25-51(26-38-57)47-17-9-3-10-18-47)58-39-27-52(28-40-58)48-19-11-4-12-20-48/h21-48H,1-20H2. The van der Waals surface area contributed by atoms with Crippen LogP contribution >= 0.6 is 0 Å². The predicted molar refractivity (Wildman–Crippen MR) is 305 cm³/mol. The smallest absolute Gasteiger partial charge is 0.311 e. The first-order chi connectivity index (χ1) is 38.8. The molecule has 2 heterocycles. The van der Waals surface area contributed by atoms with Crippen LogP contribution in [0.3, 0.4) is 0 Å². The molecule has 414 valence electrons. The summed E-state index contributed by atoms with van der Waals surface area (Å²) in [6, 6.07) is 45.3. The summed E-state index contributed by atoms with van der Waals surface area (Å²) in [5.41, 5.74) is 5.11. The molecule has 4 aliphatic carbocycles. The van der Waals surface area contributed by atoms with Crippen molar-refractivity contribution < 1.29 is 35.9 Å². The molecule has 0 N–H and O–H groups in total. The van der Waals surface area contributed by atoms with Gasteiger partial charge in [0, 0.05) is 34.1 Å². The summed E-state index contributed by atoms with van der Waals surface area (Å²) in [5.74, 6) is -1.66. The van der Waals surface area contributed by atoms with Crippen LogP contribution in [0.4, 0.5) is 60.5 Å². The molecule has 0 aromatic heterocycles. The molecule has 2 amide bonds. The monoisotopic (exact) mass is 1090 g/mol. The number of rotatable bonds is 12. The topological polar surface area (TPSA) is 47.1 Å². The number of benzene rings is 6.